The maximum atomic E-state index is 13.2. The molecule has 1 heterocycles. The lowest BCUT2D eigenvalue weighted by atomic mass is 10.0. The highest BCUT2D eigenvalue weighted by molar-refractivity contribution is 5.22. The van der Waals surface area contributed by atoms with Gasteiger partial charge in [0.15, 0.2) is 5.82 Å². The molecule has 25 heavy (non-hydrogen) atoms. The Balaban J connectivity index is 1.73. The molecule has 0 spiro atoms. The third kappa shape index (κ3) is 5.13. The third-order valence-corrected chi connectivity index (χ3v) is 4.05. The number of halogens is 1. The van der Waals surface area contributed by atoms with E-state index in [2.05, 4.69) is 22.2 Å². The van der Waals surface area contributed by atoms with E-state index in [1.807, 2.05) is 0 Å². The molecule has 2 aromatic rings. The number of aromatic nitrogens is 3. The molecule has 1 aromatic carbocycles. The Bertz CT molecular complexity index is 749. The number of nitrogens with zero attached hydrogens (tertiary/aromatic N) is 3. The minimum atomic E-state index is -0.880. The van der Waals surface area contributed by atoms with Crippen LogP contribution in [-0.4, -0.2) is 25.5 Å². The number of aliphatic hydroxyl groups is 1. The lowest BCUT2D eigenvalue weighted by Gasteiger charge is -2.18. The van der Waals surface area contributed by atoms with Crippen LogP contribution in [0.15, 0.2) is 36.4 Å². The summed E-state index contributed by atoms with van der Waals surface area (Å²) in [5, 5.41) is 14.6. The Kier molecular flexibility index (Phi) is 5.18. The molecule has 0 bridgehead atoms. The van der Waals surface area contributed by atoms with Crippen molar-refractivity contribution in [2.45, 2.75) is 51.9 Å². The molecule has 0 saturated heterocycles. The largest absolute Gasteiger partial charge is 0.485 e. The van der Waals surface area contributed by atoms with Crippen LogP contribution in [-0.2, 0) is 19.6 Å². The van der Waals surface area contributed by atoms with Crippen molar-refractivity contribution in [3.8, 4) is 5.75 Å². The van der Waals surface area contributed by atoms with E-state index >= 15 is 0 Å². The Morgan fingerprint density at radius 3 is 2.92 bits per heavy atom. The summed E-state index contributed by atoms with van der Waals surface area (Å²) in [5.41, 5.74) is -0.880. The zero-order valence-electron chi connectivity index (χ0n) is 14.7. The van der Waals surface area contributed by atoms with Crippen LogP contribution in [0.25, 0.3) is 0 Å². The van der Waals surface area contributed by atoms with Gasteiger partial charge in [0.2, 0.25) is 0 Å². The first-order valence-corrected chi connectivity index (χ1v) is 8.59. The molecule has 1 aliphatic rings. The van der Waals surface area contributed by atoms with E-state index < -0.39 is 5.60 Å². The predicted molar refractivity (Wildman–Crippen MR) is 92.6 cm³/mol. The molecule has 1 atom stereocenters. The molecule has 0 fully saturated rings. The van der Waals surface area contributed by atoms with Crippen LogP contribution < -0.4 is 4.74 Å². The molecule has 6 heteroatoms. The molecule has 1 aromatic heterocycles. The van der Waals surface area contributed by atoms with Gasteiger partial charge >= 0.3 is 0 Å². The lowest BCUT2D eigenvalue weighted by Crippen LogP contribution is -2.28. The molecule has 0 amide bonds. The van der Waals surface area contributed by atoms with Crippen molar-refractivity contribution >= 4 is 0 Å². The fraction of sp³-hybridized carbons (Fsp3) is 0.474. The van der Waals surface area contributed by atoms with E-state index in [9.17, 15) is 9.50 Å². The molecule has 1 N–H and O–H groups in total. The number of rotatable bonds is 7. The normalized spacial score (nSPS) is 17.2. The maximum Gasteiger partial charge on any atom is 0.188 e. The first-order chi connectivity index (χ1) is 11.9. The average molecular weight is 345 g/mol. The molecule has 0 aliphatic heterocycles. The molecule has 1 aliphatic carbocycles. The van der Waals surface area contributed by atoms with Crippen molar-refractivity contribution in [2.24, 2.45) is 5.92 Å². The Hall–Kier alpha value is -2.21. The van der Waals surface area contributed by atoms with Crippen molar-refractivity contribution in [1.29, 1.82) is 0 Å². The van der Waals surface area contributed by atoms with E-state index in [-0.39, 0.29) is 12.4 Å². The molecule has 0 unspecified atom stereocenters. The molecule has 0 saturated carbocycles. The minimum Gasteiger partial charge on any atom is -0.485 e. The molecular formula is C19H24FN3O2. The molecule has 3 rings (SSSR count). The highest BCUT2D eigenvalue weighted by atomic mass is 19.1. The van der Waals surface area contributed by atoms with Gasteiger partial charge in [0.25, 0.3) is 0 Å². The fourth-order valence-electron chi connectivity index (χ4n) is 2.94. The highest BCUT2D eigenvalue weighted by Gasteiger charge is 2.21. The summed E-state index contributed by atoms with van der Waals surface area (Å²) in [5.74, 6) is 1.94. The Morgan fingerprint density at radius 2 is 2.24 bits per heavy atom. The van der Waals surface area contributed by atoms with E-state index in [0.717, 1.165) is 25.1 Å². The highest BCUT2D eigenvalue weighted by Crippen LogP contribution is 2.22. The van der Waals surface area contributed by atoms with Gasteiger partial charge in [-0.25, -0.2) is 14.1 Å². The predicted octanol–water partition coefficient (Wildman–Crippen LogP) is 3.28. The summed E-state index contributed by atoms with van der Waals surface area (Å²) in [6.45, 7) is 4.02. The van der Waals surface area contributed by atoms with Gasteiger partial charge in [0.05, 0.1) is 12.1 Å². The van der Waals surface area contributed by atoms with Crippen LogP contribution in [0.3, 0.4) is 0 Å². The van der Waals surface area contributed by atoms with E-state index in [1.165, 1.54) is 12.1 Å². The number of hydrogen-bond acceptors (Lipinski definition) is 4. The minimum absolute atomic E-state index is 0.163. The SMILES string of the molecule is CC(C)(O)Cn1nc(COc2cccc(F)c2)nc1C[C@@H]1C=CCC1. The monoisotopic (exact) mass is 345 g/mol. The summed E-state index contributed by atoms with van der Waals surface area (Å²) in [6, 6.07) is 6.00. The number of ether oxygens (including phenoxy) is 1. The molecular weight excluding hydrogens is 321 g/mol. The summed E-state index contributed by atoms with van der Waals surface area (Å²) in [6.07, 6.45) is 7.41. The summed E-state index contributed by atoms with van der Waals surface area (Å²) in [7, 11) is 0. The van der Waals surface area contributed by atoms with Crippen LogP contribution in [0, 0.1) is 11.7 Å². The van der Waals surface area contributed by atoms with Crippen LogP contribution in [0.5, 0.6) is 5.75 Å². The average Bonchev–Trinajstić information content (AvgIpc) is 3.15. The number of allylic oxidation sites excluding steroid dienone is 2. The Labute approximate surface area is 147 Å². The first-order valence-electron chi connectivity index (χ1n) is 8.59. The third-order valence-electron chi connectivity index (χ3n) is 4.05. The van der Waals surface area contributed by atoms with Crippen LogP contribution in [0.4, 0.5) is 4.39 Å². The van der Waals surface area contributed by atoms with Gasteiger partial charge < -0.3 is 9.84 Å². The summed E-state index contributed by atoms with van der Waals surface area (Å²) >= 11 is 0. The molecule has 134 valence electrons. The Morgan fingerprint density at radius 1 is 1.40 bits per heavy atom. The smallest absolute Gasteiger partial charge is 0.188 e. The van der Waals surface area contributed by atoms with Gasteiger partial charge in [-0.2, -0.15) is 5.10 Å². The molecule has 0 radical (unpaired) electrons. The first kappa shape index (κ1) is 17.6. The van der Waals surface area contributed by atoms with Crippen molar-refractivity contribution in [1.82, 2.24) is 14.8 Å². The van der Waals surface area contributed by atoms with Gasteiger partial charge in [-0.1, -0.05) is 18.2 Å². The van der Waals surface area contributed by atoms with Crippen LogP contribution >= 0.6 is 0 Å². The van der Waals surface area contributed by atoms with Crippen molar-refractivity contribution in [2.75, 3.05) is 0 Å². The van der Waals surface area contributed by atoms with Gasteiger partial charge in [0, 0.05) is 12.5 Å². The van der Waals surface area contributed by atoms with Crippen LogP contribution in [0.2, 0.25) is 0 Å². The quantitative estimate of drug-likeness (QED) is 0.783. The van der Waals surface area contributed by atoms with Crippen LogP contribution in [0.1, 0.15) is 38.3 Å². The fourth-order valence-corrected chi connectivity index (χ4v) is 2.94. The second-order valence-corrected chi connectivity index (χ2v) is 7.13. The van der Waals surface area contributed by atoms with Gasteiger partial charge in [0.1, 0.15) is 24.0 Å². The van der Waals surface area contributed by atoms with Gasteiger partial charge in [-0.05, 0) is 44.7 Å². The lowest BCUT2D eigenvalue weighted by molar-refractivity contribution is 0.0562. The zero-order chi connectivity index (χ0) is 17.9. The summed E-state index contributed by atoms with van der Waals surface area (Å²) < 4.78 is 20.6. The molecule has 5 nitrogen and oxygen atoms in total. The topological polar surface area (TPSA) is 60.2 Å². The van der Waals surface area contributed by atoms with E-state index in [4.69, 9.17) is 4.74 Å². The van der Waals surface area contributed by atoms with E-state index in [0.29, 0.717) is 24.0 Å². The standard InChI is InChI=1S/C19H24FN3O2/c1-19(2,24)13-23-18(10-14-6-3-4-7-14)21-17(22-23)12-25-16-9-5-8-15(20)11-16/h3,5-6,8-9,11,14,24H,4,7,10,12-13H2,1-2H3/t14-/m1/s1. The van der Waals surface area contributed by atoms with Crippen molar-refractivity contribution in [3.05, 3.63) is 53.9 Å². The number of hydrogen-bond donors (Lipinski definition) is 1. The van der Waals surface area contributed by atoms with Crippen molar-refractivity contribution in [3.63, 3.8) is 0 Å². The van der Waals surface area contributed by atoms with Crippen molar-refractivity contribution < 1.29 is 14.2 Å². The number of benzene rings is 1. The maximum absolute atomic E-state index is 13.2. The van der Waals surface area contributed by atoms with E-state index in [1.54, 1.807) is 30.7 Å². The second kappa shape index (κ2) is 7.35. The van der Waals surface area contributed by atoms with Gasteiger partial charge in [-0.15, -0.1) is 0 Å². The van der Waals surface area contributed by atoms with Gasteiger partial charge in [-0.3, -0.25) is 0 Å². The zero-order valence-corrected chi connectivity index (χ0v) is 14.7. The summed E-state index contributed by atoms with van der Waals surface area (Å²) in [4.78, 5) is 4.58. The second-order valence-electron chi connectivity index (χ2n) is 7.13.